The number of thiophene rings is 1. The molecule has 0 saturated carbocycles. The molecule has 0 radical (unpaired) electrons. The minimum Gasteiger partial charge on any atom is -0.369 e. The van der Waals surface area contributed by atoms with Crippen LogP contribution in [0.5, 0.6) is 0 Å². The number of halogens is 1. The van der Waals surface area contributed by atoms with Gasteiger partial charge in [0.25, 0.3) is 11.6 Å². The molecule has 1 aliphatic rings. The fourth-order valence-electron chi connectivity index (χ4n) is 2.78. The quantitative estimate of drug-likeness (QED) is 0.571. The molecule has 6 nitrogen and oxygen atoms in total. The predicted molar refractivity (Wildman–Crippen MR) is 97.8 cm³/mol. The topological polar surface area (TPSA) is 66.7 Å². The summed E-state index contributed by atoms with van der Waals surface area (Å²) in [5.74, 6) is 0.0783. The van der Waals surface area contributed by atoms with Crippen LogP contribution in [0.4, 0.5) is 11.4 Å². The minimum absolute atomic E-state index is 0.0648. The summed E-state index contributed by atoms with van der Waals surface area (Å²) < 4.78 is 0.703. The van der Waals surface area contributed by atoms with Gasteiger partial charge in [0.15, 0.2) is 0 Å². The molecule has 0 spiro atoms. The van der Waals surface area contributed by atoms with E-state index in [1.807, 2.05) is 22.4 Å². The van der Waals surface area contributed by atoms with Crippen molar-refractivity contribution in [2.45, 2.75) is 6.42 Å². The van der Waals surface area contributed by atoms with Gasteiger partial charge < -0.3 is 9.80 Å². The second-order valence-electron chi connectivity index (χ2n) is 5.50. The van der Waals surface area contributed by atoms with Gasteiger partial charge in [0.05, 0.1) is 15.5 Å². The molecule has 0 atom stereocenters. The van der Waals surface area contributed by atoms with Gasteiger partial charge in [0.1, 0.15) is 0 Å². The van der Waals surface area contributed by atoms with Crippen LogP contribution in [0.2, 0.25) is 0 Å². The van der Waals surface area contributed by atoms with Crippen LogP contribution in [0.15, 0.2) is 40.2 Å². The molecule has 1 aromatic heterocycles. The van der Waals surface area contributed by atoms with Crippen molar-refractivity contribution in [3.8, 4) is 0 Å². The van der Waals surface area contributed by atoms with Gasteiger partial charge in [0.2, 0.25) is 0 Å². The summed E-state index contributed by atoms with van der Waals surface area (Å²) in [6.45, 7) is 2.87. The molecule has 2 aromatic rings. The summed E-state index contributed by atoms with van der Waals surface area (Å²) in [5, 5.41) is 12.8. The molecule has 3 rings (SSSR count). The van der Waals surface area contributed by atoms with Crippen molar-refractivity contribution in [3.63, 3.8) is 0 Å². The molecule has 1 aliphatic heterocycles. The molecular weight excluding hydrogens is 394 g/mol. The van der Waals surface area contributed by atoms with Crippen LogP contribution in [0, 0.1) is 10.1 Å². The van der Waals surface area contributed by atoms with Crippen LogP contribution in [0.3, 0.4) is 0 Å². The number of hydrogen-bond acceptors (Lipinski definition) is 5. The smallest absolute Gasteiger partial charge is 0.270 e. The highest BCUT2D eigenvalue weighted by atomic mass is 79.9. The molecular formula is C16H16BrN3O3S. The van der Waals surface area contributed by atoms with E-state index in [0.717, 1.165) is 30.1 Å². The number of carbonyl (C=O) groups excluding carboxylic acids is 1. The van der Waals surface area contributed by atoms with Gasteiger partial charge in [-0.05, 0) is 39.9 Å². The number of carbonyl (C=O) groups is 1. The van der Waals surface area contributed by atoms with Gasteiger partial charge in [-0.2, -0.15) is 0 Å². The van der Waals surface area contributed by atoms with Crippen LogP contribution < -0.4 is 4.90 Å². The number of rotatable bonds is 3. The highest BCUT2D eigenvalue weighted by Crippen LogP contribution is 2.31. The van der Waals surface area contributed by atoms with Crippen molar-refractivity contribution in [1.29, 1.82) is 0 Å². The molecule has 2 heterocycles. The lowest BCUT2D eigenvalue weighted by Gasteiger charge is -2.24. The third-order valence-corrected chi connectivity index (χ3v) is 5.49. The SMILES string of the molecule is O=C(c1cccs1)N1CCCN(c2ccc([N+](=O)[O-])cc2Br)CC1. The van der Waals surface area contributed by atoms with Crippen molar-refractivity contribution >= 4 is 44.5 Å². The average Bonchev–Trinajstić information content (AvgIpc) is 2.99. The van der Waals surface area contributed by atoms with Crippen LogP contribution in [-0.2, 0) is 0 Å². The van der Waals surface area contributed by atoms with Gasteiger partial charge in [-0.15, -0.1) is 11.3 Å². The van der Waals surface area contributed by atoms with Crippen molar-refractivity contribution in [2.24, 2.45) is 0 Å². The summed E-state index contributed by atoms with van der Waals surface area (Å²) in [6, 6.07) is 8.53. The zero-order chi connectivity index (χ0) is 17.1. The normalized spacial score (nSPS) is 15.2. The fraction of sp³-hybridized carbons (Fsp3) is 0.312. The Labute approximate surface area is 152 Å². The maximum atomic E-state index is 12.5. The molecule has 1 saturated heterocycles. The maximum Gasteiger partial charge on any atom is 0.270 e. The minimum atomic E-state index is -0.404. The molecule has 1 fully saturated rings. The Kier molecular flexibility index (Phi) is 5.15. The zero-order valence-corrected chi connectivity index (χ0v) is 15.3. The van der Waals surface area contributed by atoms with E-state index in [1.165, 1.54) is 23.5 Å². The summed E-state index contributed by atoms with van der Waals surface area (Å²) in [5.41, 5.74) is 0.987. The first kappa shape index (κ1) is 16.9. The third-order valence-electron chi connectivity index (χ3n) is 4.00. The summed E-state index contributed by atoms with van der Waals surface area (Å²) in [7, 11) is 0. The predicted octanol–water partition coefficient (Wildman–Crippen LogP) is 3.77. The third kappa shape index (κ3) is 3.59. The number of amides is 1. The largest absolute Gasteiger partial charge is 0.369 e. The lowest BCUT2D eigenvalue weighted by molar-refractivity contribution is -0.384. The Morgan fingerprint density at radius 2 is 2.04 bits per heavy atom. The van der Waals surface area contributed by atoms with E-state index in [9.17, 15) is 14.9 Å². The van der Waals surface area contributed by atoms with E-state index < -0.39 is 4.92 Å². The highest BCUT2D eigenvalue weighted by molar-refractivity contribution is 9.10. The second-order valence-corrected chi connectivity index (χ2v) is 7.30. The number of non-ortho nitro benzene ring substituents is 1. The average molecular weight is 410 g/mol. The Balaban J connectivity index is 1.72. The van der Waals surface area contributed by atoms with Gasteiger partial charge in [0, 0.05) is 42.8 Å². The number of nitrogens with zero attached hydrogens (tertiary/aromatic N) is 3. The molecule has 126 valence electrons. The van der Waals surface area contributed by atoms with E-state index in [-0.39, 0.29) is 11.6 Å². The Morgan fingerprint density at radius 1 is 1.21 bits per heavy atom. The van der Waals surface area contributed by atoms with Gasteiger partial charge in [-0.25, -0.2) is 0 Å². The number of anilines is 1. The van der Waals surface area contributed by atoms with E-state index in [1.54, 1.807) is 6.07 Å². The summed E-state index contributed by atoms with van der Waals surface area (Å²) >= 11 is 4.89. The van der Waals surface area contributed by atoms with Crippen LogP contribution in [0.25, 0.3) is 0 Å². The molecule has 0 N–H and O–H groups in total. The monoisotopic (exact) mass is 409 g/mol. The van der Waals surface area contributed by atoms with Crippen LogP contribution in [-0.4, -0.2) is 41.9 Å². The van der Waals surface area contributed by atoms with Crippen molar-refractivity contribution < 1.29 is 9.72 Å². The second kappa shape index (κ2) is 7.31. The fourth-order valence-corrected chi connectivity index (χ4v) is 4.09. The zero-order valence-electron chi connectivity index (χ0n) is 12.9. The first-order valence-electron chi connectivity index (χ1n) is 7.58. The summed E-state index contributed by atoms with van der Waals surface area (Å²) in [4.78, 5) is 27.7. The highest BCUT2D eigenvalue weighted by Gasteiger charge is 2.22. The lowest BCUT2D eigenvalue weighted by atomic mass is 10.2. The summed E-state index contributed by atoms with van der Waals surface area (Å²) in [6.07, 6.45) is 0.862. The molecule has 24 heavy (non-hydrogen) atoms. The Morgan fingerprint density at radius 3 is 2.71 bits per heavy atom. The van der Waals surface area contributed by atoms with E-state index in [0.29, 0.717) is 17.6 Å². The molecule has 8 heteroatoms. The number of hydrogen-bond donors (Lipinski definition) is 0. The van der Waals surface area contributed by atoms with Gasteiger partial charge in [-0.3, -0.25) is 14.9 Å². The van der Waals surface area contributed by atoms with E-state index >= 15 is 0 Å². The molecule has 0 unspecified atom stereocenters. The number of nitro groups is 1. The molecule has 1 aromatic carbocycles. The van der Waals surface area contributed by atoms with Gasteiger partial charge >= 0.3 is 0 Å². The number of benzene rings is 1. The Hall–Kier alpha value is -1.93. The molecule has 0 bridgehead atoms. The van der Waals surface area contributed by atoms with Gasteiger partial charge in [-0.1, -0.05) is 6.07 Å². The van der Waals surface area contributed by atoms with E-state index in [2.05, 4.69) is 20.8 Å². The first-order valence-corrected chi connectivity index (χ1v) is 9.25. The van der Waals surface area contributed by atoms with Crippen molar-refractivity contribution in [1.82, 2.24) is 4.90 Å². The number of nitro benzene ring substituents is 1. The first-order chi connectivity index (χ1) is 11.6. The van der Waals surface area contributed by atoms with E-state index in [4.69, 9.17) is 0 Å². The van der Waals surface area contributed by atoms with Crippen molar-refractivity contribution in [3.05, 3.63) is 55.2 Å². The standard InChI is InChI=1S/C16H16BrN3O3S/c17-13-11-12(20(22)23)4-5-14(13)18-6-2-7-19(9-8-18)16(21)15-3-1-10-24-15/h1,3-5,10-11H,2,6-9H2. The maximum absolute atomic E-state index is 12.5. The van der Waals surface area contributed by atoms with Crippen LogP contribution >= 0.6 is 27.3 Å². The lowest BCUT2D eigenvalue weighted by Crippen LogP contribution is -2.34. The van der Waals surface area contributed by atoms with Crippen LogP contribution in [0.1, 0.15) is 16.1 Å². The molecule has 0 aliphatic carbocycles. The molecule has 1 amide bonds. The Bertz CT molecular complexity index is 751. The van der Waals surface area contributed by atoms with Crippen molar-refractivity contribution in [2.75, 3.05) is 31.1 Å².